The van der Waals surface area contributed by atoms with Crippen molar-refractivity contribution in [2.45, 2.75) is 43.7 Å². The molecule has 1 aliphatic rings. The maximum absolute atomic E-state index is 12.8. The Kier molecular flexibility index (Phi) is 6.18. The van der Waals surface area contributed by atoms with Crippen molar-refractivity contribution < 1.29 is 17.7 Å². The Morgan fingerprint density at radius 2 is 2.14 bits per heavy atom. The maximum atomic E-state index is 12.8. The number of aryl methyl sites for hydroxylation is 2. The Hall–Kier alpha value is -0.670. The molecule has 0 radical (unpaired) electrons. The number of piperidine rings is 1. The molecule has 1 aromatic heterocycles. The minimum atomic E-state index is -3.63. The number of sulfonamides is 1. The molecule has 1 aromatic rings. The summed E-state index contributed by atoms with van der Waals surface area (Å²) >= 11 is 0. The molecule has 0 spiro atoms. The predicted octanol–water partition coefficient (Wildman–Crippen LogP) is 0.840. The number of aromatic nitrogens is 1. The molecule has 2 rings (SSSR count). The summed E-state index contributed by atoms with van der Waals surface area (Å²) in [5.41, 5.74) is 6.12. The lowest BCUT2D eigenvalue weighted by atomic mass is 10.0. The van der Waals surface area contributed by atoms with E-state index in [0.717, 1.165) is 0 Å². The fourth-order valence-electron chi connectivity index (χ4n) is 2.70. The number of ether oxygens (including phenoxy) is 1. The van der Waals surface area contributed by atoms with E-state index in [0.29, 0.717) is 30.8 Å². The Morgan fingerprint density at radius 1 is 1.48 bits per heavy atom. The fraction of sp³-hybridized carbons (Fsp3) is 0.750. The molecule has 1 aliphatic heterocycles. The highest BCUT2D eigenvalue weighted by atomic mass is 35.5. The zero-order valence-electron chi connectivity index (χ0n) is 12.4. The fourth-order valence-corrected chi connectivity index (χ4v) is 4.65. The number of methoxy groups -OCH3 is 1. The van der Waals surface area contributed by atoms with Gasteiger partial charge in [0.2, 0.25) is 10.0 Å². The smallest absolute Gasteiger partial charge is 0.248 e. The van der Waals surface area contributed by atoms with Crippen molar-refractivity contribution in [3.63, 3.8) is 0 Å². The summed E-state index contributed by atoms with van der Waals surface area (Å²) in [5, 5.41) is 3.72. The zero-order valence-corrected chi connectivity index (χ0v) is 14.0. The molecule has 1 saturated heterocycles. The van der Waals surface area contributed by atoms with Crippen molar-refractivity contribution in [1.82, 2.24) is 9.46 Å². The standard InChI is InChI=1S/C12H21N3O4S.ClH/c1-8-12(9(2)19-14-8)20(16,17)15-5-4-11(18-3)6-10(15)7-13;/h10-11H,4-7,13H2,1-3H3;1H. The quantitative estimate of drug-likeness (QED) is 0.872. The lowest BCUT2D eigenvalue weighted by Crippen LogP contribution is -2.51. The molecular weight excluding hydrogens is 318 g/mol. The lowest BCUT2D eigenvalue weighted by molar-refractivity contribution is 0.0401. The molecule has 9 heteroatoms. The average molecular weight is 340 g/mol. The van der Waals surface area contributed by atoms with Crippen molar-refractivity contribution in [3.05, 3.63) is 11.5 Å². The van der Waals surface area contributed by atoms with E-state index in [1.54, 1.807) is 21.0 Å². The Balaban J connectivity index is 0.00000220. The number of rotatable bonds is 4. The van der Waals surface area contributed by atoms with Crippen LogP contribution in [0, 0.1) is 13.8 Å². The molecule has 0 bridgehead atoms. The number of nitrogens with zero attached hydrogens (tertiary/aromatic N) is 2. The minimum Gasteiger partial charge on any atom is -0.381 e. The van der Waals surface area contributed by atoms with Gasteiger partial charge in [-0.2, -0.15) is 4.31 Å². The molecule has 7 nitrogen and oxygen atoms in total. The van der Waals surface area contributed by atoms with Crippen molar-refractivity contribution >= 4 is 22.4 Å². The summed E-state index contributed by atoms with van der Waals surface area (Å²) in [6, 6.07) is -0.257. The highest BCUT2D eigenvalue weighted by molar-refractivity contribution is 7.89. The van der Waals surface area contributed by atoms with Gasteiger partial charge in [-0.3, -0.25) is 0 Å². The maximum Gasteiger partial charge on any atom is 0.248 e. The zero-order chi connectivity index (χ0) is 14.9. The predicted molar refractivity (Wildman–Crippen MR) is 80.0 cm³/mol. The largest absolute Gasteiger partial charge is 0.381 e. The van der Waals surface area contributed by atoms with Gasteiger partial charge in [0.15, 0.2) is 5.76 Å². The third-order valence-corrected chi connectivity index (χ3v) is 5.95. The highest BCUT2D eigenvalue weighted by Gasteiger charge is 2.39. The van der Waals surface area contributed by atoms with Crippen LogP contribution >= 0.6 is 12.4 Å². The van der Waals surface area contributed by atoms with Gasteiger partial charge in [0, 0.05) is 26.2 Å². The minimum absolute atomic E-state index is 0. The molecule has 2 N–H and O–H groups in total. The van der Waals surface area contributed by atoms with E-state index in [2.05, 4.69) is 5.16 Å². The molecule has 0 saturated carbocycles. The van der Waals surface area contributed by atoms with E-state index in [-0.39, 0.29) is 36.0 Å². The highest BCUT2D eigenvalue weighted by Crippen LogP contribution is 2.29. The van der Waals surface area contributed by atoms with Gasteiger partial charge in [0.25, 0.3) is 0 Å². The van der Waals surface area contributed by atoms with Crippen LogP contribution in [0.4, 0.5) is 0 Å². The third kappa shape index (κ3) is 3.40. The van der Waals surface area contributed by atoms with Gasteiger partial charge in [-0.05, 0) is 26.7 Å². The number of hydrogen-bond donors (Lipinski definition) is 1. The number of nitrogens with two attached hydrogens (primary N) is 1. The monoisotopic (exact) mass is 339 g/mol. The third-order valence-electron chi connectivity index (χ3n) is 3.75. The summed E-state index contributed by atoms with van der Waals surface area (Å²) in [5.74, 6) is 0.312. The topological polar surface area (TPSA) is 98.7 Å². The van der Waals surface area contributed by atoms with E-state index in [1.165, 1.54) is 4.31 Å². The van der Waals surface area contributed by atoms with Crippen LogP contribution < -0.4 is 5.73 Å². The van der Waals surface area contributed by atoms with Gasteiger partial charge < -0.3 is 15.0 Å². The molecular formula is C12H22ClN3O4S. The molecule has 2 unspecified atom stereocenters. The normalized spacial score (nSPS) is 23.8. The van der Waals surface area contributed by atoms with Gasteiger partial charge in [0.1, 0.15) is 10.6 Å². The molecule has 21 heavy (non-hydrogen) atoms. The van der Waals surface area contributed by atoms with Crippen LogP contribution in [0.3, 0.4) is 0 Å². The first kappa shape index (κ1) is 18.4. The molecule has 2 heterocycles. The first-order valence-corrected chi connectivity index (χ1v) is 8.03. The van der Waals surface area contributed by atoms with Crippen LogP contribution in [-0.2, 0) is 14.8 Å². The first-order chi connectivity index (χ1) is 9.41. The lowest BCUT2D eigenvalue weighted by Gasteiger charge is -2.37. The summed E-state index contributed by atoms with van der Waals surface area (Å²) < 4.78 is 37.3. The molecule has 2 atom stereocenters. The van der Waals surface area contributed by atoms with E-state index in [9.17, 15) is 8.42 Å². The van der Waals surface area contributed by atoms with Crippen LogP contribution in [-0.4, -0.2) is 50.2 Å². The Bertz CT molecular complexity index is 556. The van der Waals surface area contributed by atoms with E-state index in [4.69, 9.17) is 15.0 Å². The van der Waals surface area contributed by atoms with Gasteiger partial charge in [-0.15, -0.1) is 12.4 Å². The van der Waals surface area contributed by atoms with Gasteiger partial charge >= 0.3 is 0 Å². The van der Waals surface area contributed by atoms with Crippen molar-refractivity contribution in [1.29, 1.82) is 0 Å². The second-order valence-corrected chi connectivity index (χ2v) is 6.87. The van der Waals surface area contributed by atoms with Crippen LogP contribution in [0.2, 0.25) is 0 Å². The Morgan fingerprint density at radius 3 is 2.62 bits per heavy atom. The van der Waals surface area contributed by atoms with Crippen LogP contribution in [0.15, 0.2) is 9.42 Å². The van der Waals surface area contributed by atoms with Crippen molar-refractivity contribution in [2.75, 3.05) is 20.2 Å². The van der Waals surface area contributed by atoms with Crippen molar-refractivity contribution in [3.8, 4) is 0 Å². The summed E-state index contributed by atoms with van der Waals surface area (Å²) in [6.07, 6.45) is 1.32. The average Bonchev–Trinajstić information content (AvgIpc) is 2.77. The van der Waals surface area contributed by atoms with Crippen LogP contribution in [0.25, 0.3) is 0 Å². The first-order valence-electron chi connectivity index (χ1n) is 6.59. The van der Waals surface area contributed by atoms with Gasteiger partial charge in [-0.25, -0.2) is 8.42 Å². The molecule has 0 amide bonds. The molecule has 1 fully saturated rings. The second-order valence-electron chi connectivity index (χ2n) is 5.04. The van der Waals surface area contributed by atoms with Crippen molar-refractivity contribution in [2.24, 2.45) is 5.73 Å². The SMILES string of the molecule is COC1CCN(S(=O)(=O)c2c(C)noc2C)C(CN)C1.Cl. The number of hydrogen-bond acceptors (Lipinski definition) is 6. The van der Waals surface area contributed by atoms with E-state index >= 15 is 0 Å². The van der Waals surface area contributed by atoms with Crippen LogP contribution in [0.1, 0.15) is 24.3 Å². The molecule has 0 aliphatic carbocycles. The number of halogens is 1. The van der Waals surface area contributed by atoms with E-state index < -0.39 is 10.0 Å². The molecule has 122 valence electrons. The second kappa shape index (κ2) is 7.06. The van der Waals surface area contributed by atoms with Gasteiger partial charge in [-0.1, -0.05) is 5.16 Å². The van der Waals surface area contributed by atoms with Gasteiger partial charge in [0.05, 0.1) is 6.10 Å². The Labute approximate surface area is 131 Å². The van der Waals surface area contributed by atoms with E-state index in [1.807, 2.05) is 0 Å². The summed E-state index contributed by atoms with van der Waals surface area (Å²) in [4.78, 5) is 0.159. The summed E-state index contributed by atoms with van der Waals surface area (Å²) in [7, 11) is -2.00. The summed E-state index contributed by atoms with van der Waals surface area (Å²) in [6.45, 7) is 3.89. The van der Waals surface area contributed by atoms with Crippen LogP contribution in [0.5, 0.6) is 0 Å². The molecule has 0 aromatic carbocycles.